The summed E-state index contributed by atoms with van der Waals surface area (Å²) in [7, 11) is 0. The van der Waals surface area contributed by atoms with Gasteiger partial charge in [0.05, 0.1) is 11.8 Å². The lowest BCUT2D eigenvalue weighted by Crippen LogP contribution is -2.19. The van der Waals surface area contributed by atoms with Gasteiger partial charge in [-0.2, -0.15) is 0 Å². The largest absolute Gasteiger partial charge is 0.490 e. The quantitative estimate of drug-likeness (QED) is 0.664. The minimum Gasteiger partial charge on any atom is -0.490 e. The Hall–Kier alpha value is -1.46. The summed E-state index contributed by atoms with van der Waals surface area (Å²) in [5, 5.41) is 19.2. The molecule has 2 aromatic rings. The Morgan fingerprint density at radius 2 is 1.08 bits per heavy atom. The van der Waals surface area contributed by atoms with Gasteiger partial charge in [-0.3, -0.25) is 0 Å². The second kappa shape index (κ2) is 9.74. The lowest BCUT2D eigenvalue weighted by molar-refractivity contribution is 0.124. The number of para-hydroxylation sites is 2. The maximum absolute atomic E-state index is 9.59. The second-order valence-corrected chi connectivity index (χ2v) is 5.85. The van der Waals surface area contributed by atoms with Crippen LogP contribution >= 0.6 is 23.2 Å². The molecule has 0 aromatic heterocycles. The summed E-state index contributed by atoms with van der Waals surface area (Å²) in [6.45, 7) is 0.211. The Labute approximate surface area is 151 Å². The Balaban J connectivity index is 2.25. The zero-order chi connectivity index (χ0) is 17.4. The first kappa shape index (κ1) is 18.9. The van der Waals surface area contributed by atoms with E-state index >= 15 is 0 Å². The molecule has 0 aliphatic rings. The van der Waals surface area contributed by atoms with Crippen LogP contribution in [0.5, 0.6) is 11.5 Å². The van der Waals surface area contributed by atoms with E-state index in [1.54, 1.807) is 0 Å². The zero-order valence-electron chi connectivity index (χ0n) is 13.1. The number of rotatable bonds is 9. The van der Waals surface area contributed by atoms with Crippen molar-refractivity contribution >= 4 is 23.2 Å². The summed E-state index contributed by atoms with van der Waals surface area (Å²) < 4.78 is 11.4. The SMILES string of the molecule is OC(CCl)COc1ccccc1-c1ccccc1OCC(O)CCl. The van der Waals surface area contributed by atoms with Crippen molar-refractivity contribution in [3.63, 3.8) is 0 Å². The fraction of sp³-hybridized carbons (Fsp3) is 0.333. The van der Waals surface area contributed by atoms with Crippen molar-refractivity contribution in [2.75, 3.05) is 25.0 Å². The monoisotopic (exact) mass is 370 g/mol. The van der Waals surface area contributed by atoms with E-state index in [-0.39, 0.29) is 25.0 Å². The summed E-state index contributed by atoms with van der Waals surface area (Å²) in [6, 6.07) is 14.9. The van der Waals surface area contributed by atoms with Gasteiger partial charge >= 0.3 is 0 Å². The molecule has 130 valence electrons. The molecular weight excluding hydrogens is 351 g/mol. The number of aliphatic hydroxyl groups is 2. The number of ether oxygens (including phenoxy) is 2. The maximum Gasteiger partial charge on any atom is 0.127 e. The molecule has 6 heteroatoms. The number of hydrogen-bond donors (Lipinski definition) is 2. The highest BCUT2D eigenvalue weighted by Crippen LogP contribution is 2.36. The highest BCUT2D eigenvalue weighted by Gasteiger charge is 2.13. The van der Waals surface area contributed by atoms with Crippen LogP contribution in [-0.2, 0) is 0 Å². The molecule has 2 N–H and O–H groups in total. The number of halogens is 2. The van der Waals surface area contributed by atoms with Crippen LogP contribution < -0.4 is 9.47 Å². The molecule has 2 unspecified atom stereocenters. The van der Waals surface area contributed by atoms with Crippen LogP contribution in [0.4, 0.5) is 0 Å². The Bertz CT molecular complexity index is 580. The molecule has 4 nitrogen and oxygen atoms in total. The topological polar surface area (TPSA) is 58.9 Å². The standard InChI is InChI=1S/C18H20Cl2O4/c19-9-13(21)11-23-17-7-3-1-5-15(17)16-6-2-4-8-18(16)24-12-14(22)10-20/h1-8,13-14,21-22H,9-12H2. The first-order valence-corrected chi connectivity index (χ1v) is 8.64. The van der Waals surface area contributed by atoms with E-state index in [9.17, 15) is 10.2 Å². The molecule has 0 aliphatic heterocycles. The minimum atomic E-state index is -0.731. The van der Waals surface area contributed by atoms with E-state index in [4.69, 9.17) is 32.7 Å². The molecule has 2 atom stereocenters. The van der Waals surface area contributed by atoms with Crippen LogP contribution in [0.25, 0.3) is 11.1 Å². The van der Waals surface area contributed by atoms with Gasteiger partial charge in [-0.05, 0) is 12.1 Å². The van der Waals surface area contributed by atoms with Gasteiger partial charge in [0.1, 0.15) is 36.9 Å². The van der Waals surface area contributed by atoms with E-state index in [1.165, 1.54) is 0 Å². The van der Waals surface area contributed by atoms with Crippen molar-refractivity contribution in [1.29, 1.82) is 0 Å². The van der Waals surface area contributed by atoms with Crippen molar-refractivity contribution in [1.82, 2.24) is 0 Å². The van der Waals surface area contributed by atoms with Crippen LogP contribution in [0, 0.1) is 0 Å². The van der Waals surface area contributed by atoms with E-state index in [0.29, 0.717) is 11.5 Å². The lowest BCUT2D eigenvalue weighted by Gasteiger charge is -2.17. The summed E-state index contributed by atoms with van der Waals surface area (Å²) in [4.78, 5) is 0. The van der Waals surface area contributed by atoms with Gasteiger partial charge in [0.15, 0.2) is 0 Å². The summed E-state index contributed by atoms with van der Waals surface area (Å²) in [6.07, 6.45) is -1.46. The van der Waals surface area contributed by atoms with Crippen molar-refractivity contribution < 1.29 is 19.7 Å². The lowest BCUT2D eigenvalue weighted by atomic mass is 10.0. The number of hydrogen-bond acceptors (Lipinski definition) is 4. The molecule has 24 heavy (non-hydrogen) atoms. The van der Waals surface area contributed by atoms with Crippen molar-refractivity contribution in [3.8, 4) is 22.6 Å². The van der Waals surface area contributed by atoms with Crippen LogP contribution in [-0.4, -0.2) is 47.4 Å². The number of aliphatic hydroxyl groups excluding tert-OH is 2. The van der Waals surface area contributed by atoms with Crippen molar-refractivity contribution in [2.24, 2.45) is 0 Å². The Morgan fingerprint density at radius 3 is 1.46 bits per heavy atom. The molecule has 0 aliphatic carbocycles. The predicted octanol–water partition coefficient (Wildman–Crippen LogP) is 3.31. The van der Waals surface area contributed by atoms with Crippen LogP contribution in [0.3, 0.4) is 0 Å². The van der Waals surface area contributed by atoms with E-state index in [2.05, 4.69) is 0 Å². The Kier molecular flexibility index (Phi) is 7.66. The van der Waals surface area contributed by atoms with Gasteiger partial charge in [-0.15, -0.1) is 23.2 Å². The highest BCUT2D eigenvalue weighted by molar-refractivity contribution is 6.18. The van der Waals surface area contributed by atoms with Crippen LogP contribution in [0.2, 0.25) is 0 Å². The molecule has 0 spiro atoms. The molecule has 2 aromatic carbocycles. The molecule has 2 rings (SSSR count). The van der Waals surface area contributed by atoms with E-state index in [1.807, 2.05) is 48.5 Å². The number of alkyl halides is 2. The van der Waals surface area contributed by atoms with Gasteiger partial charge < -0.3 is 19.7 Å². The van der Waals surface area contributed by atoms with Gasteiger partial charge in [0.2, 0.25) is 0 Å². The fourth-order valence-electron chi connectivity index (χ4n) is 2.09. The third-order valence-corrected chi connectivity index (χ3v) is 4.00. The zero-order valence-corrected chi connectivity index (χ0v) is 14.6. The molecule has 0 fully saturated rings. The summed E-state index contributed by atoms with van der Waals surface area (Å²) in [5.74, 6) is 1.46. The van der Waals surface area contributed by atoms with E-state index in [0.717, 1.165) is 11.1 Å². The smallest absolute Gasteiger partial charge is 0.127 e. The highest BCUT2D eigenvalue weighted by atomic mass is 35.5. The predicted molar refractivity (Wildman–Crippen MR) is 96.3 cm³/mol. The fourth-order valence-corrected chi connectivity index (χ4v) is 2.27. The molecular formula is C18H20Cl2O4. The molecule has 0 saturated heterocycles. The molecule has 0 saturated carbocycles. The summed E-state index contributed by atoms with van der Waals surface area (Å²) >= 11 is 11.2. The molecule has 0 bridgehead atoms. The maximum atomic E-state index is 9.59. The second-order valence-electron chi connectivity index (χ2n) is 5.23. The number of benzene rings is 2. The molecule has 0 amide bonds. The third kappa shape index (κ3) is 5.28. The molecule has 0 heterocycles. The molecule has 0 radical (unpaired) electrons. The first-order chi connectivity index (χ1) is 11.7. The normalized spacial score (nSPS) is 13.3. The third-order valence-electron chi connectivity index (χ3n) is 3.28. The van der Waals surface area contributed by atoms with Crippen LogP contribution in [0.1, 0.15) is 0 Å². The van der Waals surface area contributed by atoms with Crippen LogP contribution in [0.15, 0.2) is 48.5 Å². The van der Waals surface area contributed by atoms with Crippen molar-refractivity contribution in [2.45, 2.75) is 12.2 Å². The first-order valence-electron chi connectivity index (χ1n) is 7.57. The van der Waals surface area contributed by atoms with Gasteiger partial charge in [-0.25, -0.2) is 0 Å². The van der Waals surface area contributed by atoms with E-state index < -0.39 is 12.2 Å². The average Bonchev–Trinajstić information content (AvgIpc) is 2.64. The van der Waals surface area contributed by atoms with Gasteiger partial charge in [-0.1, -0.05) is 36.4 Å². The minimum absolute atomic E-state index is 0.106. The van der Waals surface area contributed by atoms with Gasteiger partial charge in [0, 0.05) is 11.1 Å². The van der Waals surface area contributed by atoms with Gasteiger partial charge in [0.25, 0.3) is 0 Å². The summed E-state index contributed by atoms with van der Waals surface area (Å²) in [5.41, 5.74) is 1.66. The average molecular weight is 371 g/mol. The Morgan fingerprint density at radius 1 is 0.708 bits per heavy atom. The van der Waals surface area contributed by atoms with Crippen molar-refractivity contribution in [3.05, 3.63) is 48.5 Å².